The summed E-state index contributed by atoms with van der Waals surface area (Å²) in [5.74, 6) is -2.81. The second-order valence-electron chi connectivity index (χ2n) is 6.44. The van der Waals surface area contributed by atoms with E-state index in [9.17, 15) is 18.4 Å². The third-order valence-electron chi connectivity index (χ3n) is 4.42. The summed E-state index contributed by atoms with van der Waals surface area (Å²) < 4.78 is 35.4. The summed E-state index contributed by atoms with van der Waals surface area (Å²) in [4.78, 5) is 28.5. The number of para-hydroxylation sites is 1. The normalized spacial score (nSPS) is 12.2. The quantitative estimate of drug-likeness (QED) is 0.692. The molecule has 3 aromatic rings. The standard InChI is InChI=1S/C20H16F2N4O3/c21-14-9-15(22)17(24-18(27)10-26-6-5-23-11-26)8-13(14)20(28)25-16-3-1-2-12-4-7-29-19(12)16/h1-3,5-6,8-9,11H,4,7,10H2,(H,24,27)(H,25,28). The molecule has 2 heterocycles. The molecule has 7 nitrogen and oxygen atoms in total. The average Bonchev–Trinajstić information content (AvgIpc) is 3.36. The van der Waals surface area contributed by atoms with Crippen molar-refractivity contribution in [3.8, 4) is 5.75 Å². The molecule has 0 bridgehead atoms. The molecule has 0 aliphatic carbocycles. The molecule has 0 unspecified atom stereocenters. The number of carbonyl (C=O) groups is 2. The first kappa shape index (κ1) is 18.6. The zero-order chi connectivity index (χ0) is 20.4. The Kier molecular flexibility index (Phi) is 4.94. The molecule has 29 heavy (non-hydrogen) atoms. The molecule has 0 atom stereocenters. The van der Waals surface area contributed by atoms with E-state index in [2.05, 4.69) is 15.6 Å². The molecule has 148 valence electrons. The lowest BCUT2D eigenvalue weighted by Gasteiger charge is -2.12. The van der Waals surface area contributed by atoms with Crippen molar-refractivity contribution in [2.75, 3.05) is 17.2 Å². The van der Waals surface area contributed by atoms with Gasteiger partial charge in [-0.15, -0.1) is 0 Å². The van der Waals surface area contributed by atoms with Crippen LogP contribution in [0.3, 0.4) is 0 Å². The Morgan fingerprint density at radius 3 is 2.79 bits per heavy atom. The number of aromatic nitrogens is 2. The molecular weight excluding hydrogens is 382 g/mol. The molecule has 2 aromatic carbocycles. The van der Waals surface area contributed by atoms with Gasteiger partial charge in [0.2, 0.25) is 5.91 Å². The molecule has 0 radical (unpaired) electrons. The number of imidazole rings is 1. The number of halogens is 2. The average molecular weight is 398 g/mol. The monoisotopic (exact) mass is 398 g/mol. The highest BCUT2D eigenvalue weighted by Crippen LogP contribution is 2.34. The third kappa shape index (κ3) is 3.93. The van der Waals surface area contributed by atoms with Gasteiger partial charge in [-0.3, -0.25) is 9.59 Å². The topological polar surface area (TPSA) is 85.2 Å². The van der Waals surface area contributed by atoms with E-state index in [1.54, 1.807) is 18.3 Å². The summed E-state index contributed by atoms with van der Waals surface area (Å²) in [6.45, 7) is 0.395. The van der Waals surface area contributed by atoms with E-state index >= 15 is 0 Å². The van der Waals surface area contributed by atoms with Crippen LogP contribution in [0, 0.1) is 11.6 Å². The molecule has 4 rings (SSSR count). The Labute approximate surface area is 164 Å². The predicted molar refractivity (Wildman–Crippen MR) is 101 cm³/mol. The Morgan fingerprint density at radius 2 is 2.00 bits per heavy atom. The van der Waals surface area contributed by atoms with Gasteiger partial charge in [0.25, 0.3) is 5.91 Å². The van der Waals surface area contributed by atoms with Crippen LogP contribution in [0.15, 0.2) is 49.1 Å². The summed E-state index contributed by atoms with van der Waals surface area (Å²) in [7, 11) is 0. The van der Waals surface area contributed by atoms with Gasteiger partial charge in [0.05, 0.1) is 29.9 Å². The molecular formula is C20H16F2N4O3. The van der Waals surface area contributed by atoms with Crippen LogP contribution in [0.4, 0.5) is 20.2 Å². The van der Waals surface area contributed by atoms with Gasteiger partial charge in [-0.05, 0) is 17.7 Å². The maximum atomic E-state index is 14.2. The minimum Gasteiger partial charge on any atom is -0.491 e. The smallest absolute Gasteiger partial charge is 0.258 e. The first-order valence-corrected chi connectivity index (χ1v) is 8.82. The molecule has 1 aromatic heterocycles. The summed E-state index contributed by atoms with van der Waals surface area (Å²) in [6, 6.07) is 6.80. The predicted octanol–water partition coefficient (Wildman–Crippen LogP) is 2.99. The van der Waals surface area contributed by atoms with E-state index in [0.717, 1.165) is 18.1 Å². The Balaban J connectivity index is 1.54. The minimum atomic E-state index is -1.04. The van der Waals surface area contributed by atoms with E-state index in [0.29, 0.717) is 24.1 Å². The minimum absolute atomic E-state index is 0.105. The van der Waals surface area contributed by atoms with Crippen LogP contribution in [-0.2, 0) is 17.8 Å². The van der Waals surface area contributed by atoms with Gasteiger partial charge in [-0.1, -0.05) is 12.1 Å². The number of hydrogen-bond donors (Lipinski definition) is 2. The molecule has 0 spiro atoms. The van der Waals surface area contributed by atoms with E-state index < -0.39 is 29.0 Å². The number of nitrogens with zero attached hydrogens (tertiary/aromatic N) is 2. The van der Waals surface area contributed by atoms with Crippen LogP contribution >= 0.6 is 0 Å². The molecule has 0 fully saturated rings. The van der Waals surface area contributed by atoms with Crippen molar-refractivity contribution in [1.29, 1.82) is 0 Å². The van der Waals surface area contributed by atoms with Gasteiger partial charge in [-0.25, -0.2) is 13.8 Å². The SMILES string of the molecule is O=C(Cn1ccnc1)Nc1cc(C(=O)Nc2cccc3c2OCC3)c(F)cc1F. The van der Waals surface area contributed by atoms with Crippen LogP contribution in [0.2, 0.25) is 0 Å². The Morgan fingerprint density at radius 1 is 1.14 bits per heavy atom. The molecule has 2 N–H and O–H groups in total. The maximum Gasteiger partial charge on any atom is 0.258 e. The highest BCUT2D eigenvalue weighted by atomic mass is 19.1. The van der Waals surface area contributed by atoms with Crippen molar-refractivity contribution in [3.05, 3.63) is 71.8 Å². The van der Waals surface area contributed by atoms with E-state index in [1.807, 2.05) is 6.07 Å². The highest BCUT2D eigenvalue weighted by Gasteiger charge is 2.21. The summed E-state index contributed by atoms with van der Waals surface area (Å²) in [6.07, 6.45) is 5.22. The van der Waals surface area contributed by atoms with Gasteiger partial charge in [0.1, 0.15) is 23.9 Å². The van der Waals surface area contributed by atoms with Gasteiger partial charge in [0.15, 0.2) is 0 Å². The van der Waals surface area contributed by atoms with Crippen molar-refractivity contribution >= 4 is 23.2 Å². The second-order valence-corrected chi connectivity index (χ2v) is 6.44. The zero-order valence-electron chi connectivity index (χ0n) is 15.1. The van der Waals surface area contributed by atoms with Gasteiger partial charge < -0.3 is 19.9 Å². The van der Waals surface area contributed by atoms with Crippen molar-refractivity contribution < 1.29 is 23.1 Å². The van der Waals surface area contributed by atoms with Gasteiger partial charge in [0, 0.05) is 24.9 Å². The summed E-state index contributed by atoms with van der Waals surface area (Å²) in [5.41, 5.74) is 0.644. The maximum absolute atomic E-state index is 14.2. The molecule has 9 heteroatoms. The third-order valence-corrected chi connectivity index (χ3v) is 4.42. The van der Waals surface area contributed by atoms with Crippen LogP contribution < -0.4 is 15.4 Å². The Bertz CT molecular complexity index is 1080. The fraction of sp³-hybridized carbons (Fsp3) is 0.150. The number of anilines is 2. The number of benzene rings is 2. The second kappa shape index (κ2) is 7.70. The van der Waals surface area contributed by atoms with Gasteiger partial charge in [-0.2, -0.15) is 0 Å². The zero-order valence-corrected chi connectivity index (χ0v) is 15.1. The van der Waals surface area contributed by atoms with Crippen LogP contribution in [0.25, 0.3) is 0 Å². The lowest BCUT2D eigenvalue weighted by atomic mass is 10.1. The fourth-order valence-electron chi connectivity index (χ4n) is 3.06. The molecule has 0 saturated carbocycles. The van der Waals surface area contributed by atoms with Crippen molar-refractivity contribution in [3.63, 3.8) is 0 Å². The highest BCUT2D eigenvalue weighted by molar-refractivity contribution is 6.06. The molecule has 1 aliphatic heterocycles. The number of amides is 2. The van der Waals surface area contributed by atoms with E-state index in [1.165, 1.54) is 17.1 Å². The molecule has 1 aliphatic rings. The lowest BCUT2D eigenvalue weighted by molar-refractivity contribution is -0.116. The Hall–Kier alpha value is -3.75. The summed E-state index contributed by atoms with van der Waals surface area (Å²) in [5, 5.41) is 4.93. The number of hydrogen-bond acceptors (Lipinski definition) is 4. The fourth-order valence-corrected chi connectivity index (χ4v) is 3.06. The number of rotatable bonds is 5. The van der Waals surface area contributed by atoms with Crippen LogP contribution in [-0.4, -0.2) is 28.0 Å². The first-order valence-electron chi connectivity index (χ1n) is 8.82. The number of ether oxygens (including phenoxy) is 1. The van der Waals surface area contributed by atoms with E-state index in [4.69, 9.17) is 4.74 Å². The van der Waals surface area contributed by atoms with Crippen molar-refractivity contribution in [2.45, 2.75) is 13.0 Å². The van der Waals surface area contributed by atoms with Crippen molar-refractivity contribution in [2.24, 2.45) is 0 Å². The first-order chi connectivity index (χ1) is 14.0. The van der Waals surface area contributed by atoms with Crippen LogP contribution in [0.5, 0.6) is 5.75 Å². The van der Waals surface area contributed by atoms with Gasteiger partial charge >= 0.3 is 0 Å². The molecule has 0 saturated heterocycles. The molecule has 2 amide bonds. The number of nitrogens with one attached hydrogen (secondary N) is 2. The number of fused-ring (bicyclic) bond motifs is 1. The van der Waals surface area contributed by atoms with Crippen molar-refractivity contribution in [1.82, 2.24) is 9.55 Å². The van der Waals surface area contributed by atoms with E-state index in [-0.39, 0.29) is 12.2 Å². The summed E-state index contributed by atoms with van der Waals surface area (Å²) >= 11 is 0. The van der Waals surface area contributed by atoms with Crippen LogP contribution in [0.1, 0.15) is 15.9 Å². The lowest BCUT2D eigenvalue weighted by Crippen LogP contribution is -2.20. The largest absolute Gasteiger partial charge is 0.491 e. The number of carbonyl (C=O) groups excluding carboxylic acids is 2.